The highest BCUT2D eigenvalue weighted by molar-refractivity contribution is 8.00. The summed E-state index contributed by atoms with van der Waals surface area (Å²) in [6, 6.07) is 16.4. The van der Waals surface area contributed by atoms with Gasteiger partial charge in [0.2, 0.25) is 5.91 Å². The maximum absolute atomic E-state index is 12.8. The molecule has 154 valence electrons. The quantitative estimate of drug-likeness (QED) is 0.498. The minimum Gasteiger partial charge on any atom is -0.454 e. The number of thioether (sulfide) groups is 1. The summed E-state index contributed by atoms with van der Waals surface area (Å²) >= 11 is 1.30. The fraction of sp³-hybridized carbons (Fsp3) is 0.348. The van der Waals surface area contributed by atoms with Crippen LogP contribution in [-0.2, 0) is 14.3 Å². The van der Waals surface area contributed by atoms with Gasteiger partial charge in [0.1, 0.15) is 5.25 Å². The molecule has 5 nitrogen and oxygen atoms in total. The Bertz CT molecular complexity index is 872. The Balaban J connectivity index is 2.27. The van der Waals surface area contributed by atoms with E-state index < -0.39 is 16.6 Å². The fourth-order valence-electron chi connectivity index (χ4n) is 2.41. The summed E-state index contributed by atoms with van der Waals surface area (Å²) in [6.07, 6.45) is 0. The molecule has 2 aromatic carbocycles. The molecule has 2 rings (SSSR count). The van der Waals surface area contributed by atoms with Gasteiger partial charge < -0.3 is 9.64 Å². The summed E-state index contributed by atoms with van der Waals surface area (Å²) in [4.78, 5) is 39.7. The number of ether oxygens (including phenoxy) is 1. The summed E-state index contributed by atoms with van der Waals surface area (Å²) in [5.74, 6) is -0.803. The van der Waals surface area contributed by atoms with Crippen LogP contribution < -0.4 is 0 Å². The van der Waals surface area contributed by atoms with Crippen LogP contribution in [0.1, 0.15) is 41.9 Å². The smallest absolute Gasteiger partial charge is 0.339 e. The average molecular weight is 414 g/mol. The van der Waals surface area contributed by atoms with Crippen LogP contribution in [0.15, 0.2) is 59.5 Å². The van der Waals surface area contributed by atoms with Crippen molar-refractivity contribution in [1.82, 2.24) is 4.90 Å². The second kappa shape index (κ2) is 9.74. The number of nitrogens with zero attached hydrogens (tertiary/aromatic N) is 1. The first-order valence-corrected chi connectivity index (χ1v) is 10.2. The van der Waals surface area contributed by atoms with Crippen LogP contribution in [0.3, 0.4) is 0 Å². The second-order valence-corrected chi connectivity index (χ2v) is 9.03. The molecule has 0 aromatic heterocycles. The van der Waals surface area contributed by atoms with E-state index in [9.17, 15) is 14.4 Å². The first kappa shape index (κ1) is 22.7. The van der Waals surface area contributed by atoms with Gasteiger partial charge in [-0.25, -0.2) is 4.79 Å². The van der Waals surface area contributed by atoms with Gasteiger partial charge in [-0.3, -0.25) is 9.59 Å². The fourth-order valence-corrected chi connectivity index (χ4v) is 3.71. The van der Waals surface area contributed by atoms with E-state index in [1.165, 1.54) is 16.7 Å². The summed E-state index contributed by atoms with van der Waals surface area (Å²) in [7, 11) is 3.41. The SMILES string of the molecule is CN(C)C(=O)[C@@H](Sc1ccccc1C(=O)OCC(=O)C(C)(C)C)c1ccccc1. The number of esters is 1. The Hall–Kier alpha value is -2.60. The van der Waals surface area contributed by atoms with Crippen molar-refractivity contribution in [2.45, 2.75) is 30.9 Å². The number of Topliss-reactive ketones (excluding diaryl/α,β-unsaturated/α-hetero) is 1. The predicted molar refractivity (Wildman–Crippen MR) is 115 cm³/mol. The van der Waals surface area contributed by atoms with Crippen molar-refractivity contribution in [2.75, 3.05) is 20.7 Å². The number of rotatable bonds is 7. The van der Waals surface area contributed by atoms with Crippen molar-refractivity contribution in [3.05, 3.63) is 65.7 Å². The summed E-state index contributed by atoms with van der Waals surface area (Å²) in [6.45, 7) is 5.07. The Labute approximate surface area is 176 Å². The molecule has 0 saturated heterocycles. The van der Waals surface area contributed by atoms with E-state index in [1.807, 2.05) is 36.4 Å². The van der Waals surface area contributed by atoms with E-state index in [1.54, 1.807) is 53.1 Å². The molecule has 0 heterocycles. The van der Waals surface area contributed by atoms with Crippen molar-refractivity contribution in [2.24, 2.45) is 5.41 Å². The van der Waals surface area contributed by atoms with E-state index in [4.69, 9.17) is 4.74 Å². The molecule has 0 aliphatic rings. The highest BCUT2D eigenvalue weighted by atomic mass is 32.2. The Morgan fingerprint density at radius 3 is 2.14 bits per heavy atom. The third-order valence-electron chi connectivity index (χ3n) is 4.29. The number of benzene rings is 2. The predicted octanol–water partition coefficient (Wildman–Crippen LogP) is 4.38. The van der Waals surface area contributed by atoms with Crippen molar-refractivity contribution in [3.8, 4) is 0 Å². The zero-order chi connectivity index (χ0) is 21.6. The third kappa shape index (κ3) is 6.19. The number of likely N-dealkylation sites (N-methyl/N-ethyl adjacent to an activating group) is 1. The zero-order valence-electron chi connectivity index (χ0n) is 17.5. The largest absolute Gasteiger partial charge is 0.454 e. The van der Waals surface area contributed by atoms with E-state index in [-0.39, 0.29) is 18.3 Å². The number of carbonyl (C=O) groups is 3. The molecule has 0 aliphatic heterocycles. The number of carbonyl (C=O) groups excluding carboxylic acids is 3. The normalized spacial score (nSPS) is 12.2. The number of amides is 1. The van der Waals surface area contributed by atoms with Gasteiger partial charge in [0.15, 0.2) is 12.4 Å². The number of hydrogen-bond donors (Lipinski definition) is 0. The molecule has 0 N–H and O–H groups in total. The monoisotopic (exact) mass is 413 g/mol. The van der Waals surface area contributed by atoms with Crippen LogP contribution in [0.4, 0.5) is 0 Å². The van der Waals surface area contributed by atoms with Gasteiger partial charge in [-0.15, -0.1) is 11.8 Å². The summed E-state index contributed by atoms with van der Waals surface area (Å²) < 4.78 is 5.26. The van der Waals surface area contributed by atoms with Gasteiger partial charge in [-0.2, -0.15) is 0 Å². The van der Waals surface area contributed by atoms with Crippen molar-refractivity contribution < 1.29 is 19.1 Å². The molecule has 0 radical (unpaired) electrons. The van der Waals surface area contributed by atoms with Crippen molar-refractivity contribution in [3.63, 3.8) is 0 Å². The van der Waals surface area contributed by atoms with Crippen LogP contribution >= 0.6 is 11.8 Å². The molecule has 1 amide bonds. The van der Waals surface area contributed by atoms with Crippen LogP contribution in [-0.4, -0.2) is 43.3 Å². The van der Waals surface area contributed by atoms with Gasteiger partial charge in [-0.1, -0.05) is 63.2 Å². The zero-order valence-corrected chi connectivity index (χ0v) is 18.3. The lowest BCUT2D eigenvalue weighted by Crippen LogP contribution is -2.27. The van der Waals surface area contributed by atoms with Crippen LogP contribution in [0.25, 0.3) is 0 Å². The van der Waals surface area contributed by atoms with Gasteiger partial charge in [0, 0.05) is 24.4 Å². The topological polar surface area (TPSA) is 63.7 Å². The third-order valence-corrected chi connectivity index (χ3v) is 5.61. The molecule has 29 heavy (non-hydrogen) atoms. The highest BCUT2D eigenvalue weighted by Gasteiger charge is 2.27. The molecule has 1 atom stereocenters. The Morgan fingerprint density at radius 2 is 1.55 bits per heavy atom. The molecule has 6 heteroatoms. The number of hydrogen-bond acceptors (Lipinski definition) is 5. The first-order valence-electron chi connectivity index (χ1n) is 9.33. The lowest BCUT2D eigenvalue weighted by atomic mass is 9.91. The Morgan fingerprint density at radius 1 is 0.966 bits per heavy atom. The molecule has 0 saturated carbocycles. The first-order chi connectivity index (χ1) is 13.6. The molecule has 2 aromatic rings. The van der Waals surface area contributed by atoms with Crippen LogP contribution in [0.5, 0.6) is 0 Å². The van der Waals surface area contributed by atoms with Crippen molar-refractivity contribution >= 4 is 29.4 Å². The maximum atomic E-state index is 12.8. The number of ketones is 1. The summed E-state index contributed by atoms with van der Waals surface area (Å²) in [5.41, 5.74) is 0.611. The lowest BCUT2D eigenvalue weighted by molar-refractivity contribution is -0.129. The van der Waals surface area contributed by atoms with Gasteiger partial charge in [0.05, 0.1) is 5.56 Å². The molecule has 0 aliphatic carbocycles. The van der Waals surface area contributed by atoms with E-state index in [0.717, 1.165) is 5.56 Å². The molecular formula is C23H27NO4S. The molecule has 0 unspecified atom stereocenters. The second-order valence-electron chi connectivity index (χ2n) is 7.89. The Kier molecular flexibility index (Phi) is 7.62. The molecule has 0 spiro atoms. The maximum Gasteiger partial charge on any atom is 0.339 e. The minimum atomic E-state index is -0.578. The van der Waals surface area contributed by atoms with Crippen molar-refractivity contribution in [1.29, 1.82) is 0 Å². The van der Waals surface area contributed by atoms with E-state index in [0.29, 0.717) is 10.5 Å². The average Bonchev–Trinajstić information content (AvgIpc) is 2.69. The molecule has 0 bridgehead atoms. The lowest BCUT2D eigenvalue weighted by Gasteiger charge is -2.21. The highest BCUT2D eigenvalue weighted by Crippen LogP contribution is 2.38. The molecule has 0 fully saturated rings. The summed E-state index contributed by atoms with van der Waals surface area (Å²) in [5, 5.41) is -0.503. The van der Waals surface area contributed by atoms with E-state index >= 15 is 0 Å². The standard InChI is InChI=1S/C23H27NO4S/c1-23(2,3)19(25)15-28-22(27)17-13-9-10-14-18(17)29-20(21(26)24(4)5)16-11-7-6-8-12-16/h6-14,20H,15H2,1-5H3/t20-/m0/s1. The van der Waals surface area contributed by atoms with Gasteiger partial charge in [0.25, 0.3) is 0 Å². The minimum absolute atomic E-state index is 0.0766. The van der Waals surface area contributed by atoms with Crippen LogP contribution in [0, 0.1) is 5.41 Å². The van der Waals surface area contributed by atoms with Crippen LogP contribution in [0.2, 0.25) is 0 Å². The van der Waals surface area contributed by atoms with E-state index in [2.05, 4.69) is 0 Å². The van der Waals surface area contributed by atoms with Gasteiger partial charge in [-0.05, 0) is 17.7 Å². The molecular weight excluding hydrogens is 386 g/mol. The van der Waals surface area contributed by atoms with Gasteiger partial charge >= 0.3 is 5.97 Å².